The number of methoxy groups -OCH3 is 1. The Labute approximate surface area is 176 Å². The molecular weight excluding hydrogens is 405 g/mol. The van der Waals surface area contributed by atoms with Crippen LogP contribution in [0.15, 0.2) is 71.1 Å². The fraction of sp³-hybridized carbons (Fsp3) is 0.0455. The van der Waals surface area contributed by atoms with Gasteiger partial charge in [0.05, 0.1) is 7.11 Å². The van der Waals surface area contributed by atoms with Crippen LogP contribution in [0.4, 0.5) is 10.1 Å². The number of hydrogen-bond acceptors (Lipinski definition) is 5. The van der Waals surface area contributed by atoms with Crippen LogP contribution in [0, 0.1) is 5.82 Å². The minimum Gasteiger partial charge on any atom is -0.497 e. The van der Waals surface area contributed by atoms with Crippen molar-refractivity contribution in [1.82, 2.24) is 10.3 Å². The van der Waals surface area contributed by atoms with E-state index in [2.05, 4.69) is 15.6 Å². The minimum absolute atomic E-state index is 0.143. The topological polar surface area (TPSA) is 76.4 Å². The highest BCUT2D eigenvalue weighted by molar-refractivity contribution is 7.80. The number of fused-ring (bicyclic) bond motifs is 1. The quantitative estimate of drug-likeness (QED) is 0.463. The SMILES string of the molecule is COc1cccc(C(=O)NC(=S)Nc2ccc3oc(-c4ccc(F)cc4)nc3c2)c1. The molecule has 0 aliphatic carbocycles. The number of halogens is 1. The van der Waals surface area contributed by atoms with Crippen molar-refractivity contribution in [1.29, 1.82) is 0 Å². The fourth-order valence-corrected chi connectivity index (χ4v) is 3.03. The van der Waals surface area contributed by atoms with Crippen LogP contribution >= 0.6 is 12.2 Å². The molecule has 4 rings (SSSR count). The second-order valence-electron chi connectivity index (χ2n) is 6.35. The van der Waals surface area contributed by atoms with Crippen LogP contribution < -0.4 is 15.4 Å². The first-order valence-electron chi connectivity index (χ1n) is 8.95. The molecule has 0 bridgehead atoms. The molecule has 150 valence electrons. The highest BCUT2D eigenvalue weighted by Crippen LogP contribution is 2.26. The zero-order valence-corrected chi connectivity index (χ0v) is 16.6. The van der Waals surface area contributed by atoms with Crippen molar-refractivity contribution < 1.29 is 18.3 Å². The summed E-state index contributed by atoms with van der Waals surface area (Å²) < 4.78 is 24.0. The van der Waals surface area contributed by atoms with Gasteiger partial charge in [0, 0.05) is 16.8 Å². The lowest BCUT2D eigenvalue weighted by Crippen LogP contribution is -2.34. The number of benzene rings is 3. The molecule has 30 heavy (non-hydrogen) atoms. The number of rotatable bonds is 4. The van der Waals surface area contributed by atoms with Crippen molar-refractivity contribution in [2.24, 2.45) is 0 Å². The smallest absolute Gasteiger partial charge is 0.257 e. The van der Waals surface area contributed by atoms with E-state index in [1.54, 1.807) is 54.6 Å². The van der Waals surface area contributed by atoms with Gasteiger partial charge in [-0.05, 0) is 72.9 Å². The van der Waals surface area contributed by atoms with Crippen molar-refractivity contribution in [3.05, 3.63) is 78.1 Å². The van der Waals surface area contributed by atoms with Crippen molar-refractivity contribution in [3.8, 4) is 17.2 Å². The molecule has 1 aromatic heterocycles. The van der Waals surface area contributed by atoms with E-state index in [0.717, 1.165) is 0 Å². The van der Waals surface area contributed by atoms with Crippen molar-refractivity contribution in [2.75, 3.05) is 12.4 Å². The number of hydrogen-bond donors (Lipinski definition) is 2. The first kappa shape index (κ1) is 19.5. The number of amides is 1. The summed E-state index contributed by atoms with van der Waals surface area (Å²) in [5, 5.41) is 5.73. The highest BCUT2D eigenvalue weighted by atomic mass is 32.1. The van der Waals surface area contributed by atoms with E-state index in [4.69, 9.17) is 21.4 Å². The normalized spacial score (nSPS) is 10.6. The number of aromatic nitrogens is 1. The second-order valence-corrected chi connectivity index (χ2v) is 6.76. The van der Waals surface area contributed by atoms with E-state index in [-0.39, 0.29) is 16.8 Å². The minimum atomic E-state index is -0.354. The van der Waals surface area contributed by atoms with Gasteiger partial charge in [-0.1, -0.05) is 6.07 Å². The van der Waals surface area contributed by atoms with Crippen LogP contribution in [0.25, 0.3) is 22.6 Å². The molecule has 0 saturated carbocycles. The monoisotopic (exact) mass is 421 g/mol. The summed E-state index contributed by atoms with van der Waals surface area (Å²) in [6, 6.07) is 17.9. The Morgan fingerprint density at radius 1 is 1.10 bits per heavy atom. The Morgan fingerprint density at radius 3 is 2.67 bits per heavy atom. The van der Waals surface area contributed by atoms with Gasteiger partial charge < -0.3 is 14.5 Å². The molecule has 2 N–H and O–H groups in total. The lowest BCUT2D eigenvalue weighted by Gasteiger charge is -2.10. The predicted molar refractivity (Wildman–Crippen MR) is 116 cm³/mol. The second kappa shape index (κ2) is 8.30. The first-order chi connectivity index (χ1) is 14.5. The van der Waals surface area contributed by atoms with Crippen LogP contribution in [-0.2, 0) is 0 Å². The van der Waals surface area contributed by atoms with Gasteiger partial charge in [-0.3, -0.25) is 10.1 Å². The molecule has 0 spiro atoms. The van der Waals surface area contributed by atoms with Crippen molar-refractivity contribution in [3.63, 3.8) is 0 Å². The molecule has 1 amide bonds. The number of nitrogens with zero attached hydrogens (tertiary/aromatic N) is 1. The number of oxazole rings is 1. The third-order valence-corrected chi connectivity index (χ3v) is 4.50. The van der Waals surface area contributed by atoms with Gasteiger partial charge in [-0.2, -0.15) is 0 Å². The molecule has 0 aliphatic rings. The van der Waals surface area contributed by atoms with E-state index in [9.17, 15) is 9.18 Å². The summed E-state index contributed by atoms with van der Waals surface area (Å²) in [4.78, 5) is 16.8. The van der Waals surface area contributed by atoms with Gasteiger partial charge in [-0.15, -0.1) is 0 Å². The van der Waals surface area contributed by atoms with Gasteiger partial charge in [0.25, 0.3) is 5.91 Å². The Bertz CT molecular complexity index is 1240. The van der Waals surface area contributed by atoms with Crippen LogP contribution in [0.5, 0.6) is 5.75 Å². The van der Waals surface area contributed by atoms with Crippen LogP contribution in [0.1, 0.15) is 10.4 Å². The van der Waals surface area contributed by atoms with Crippen LogP contribution in [0.2, 0.25) is 0 Å². The van der Waals surface area contributed by atoms with Gasteiger partial charge in [0.1, 0.15) is 17.1 Å². The highest BCUT2D eigenvalue weighted by Gasteiger charge is 2.11. The molecule has 8 heteroatoms. The molecular formula is C22H16FN3O3S. The number of carbonyl (C=O) groups is 1. The maximum absolute atomic E-state index is 13.1. The molecule has 4 aromatic rings. The zero-order chi connectivity index (χ0) is 21.1. The lowest BCUT2D eigenvalue weighted by molar-refractivity contribution is 0.0977. The molecule has 0 radical (unpaired) electrons. The zero-order valence-electron chi connectivity index (χ0n) is 15.8. The summed E-state index contributed by atoms with van der Waals surface area (Å²) >= 11 is 5.24. The van der Waals surface area contributed by atoms with Crippen LogP contribution in [-0.4, -0.2) is 23.1 Å². The van der Waals surface area contributed by atoms with E-state index in [1.165, 1.54) is 19.2 Å². The van der Waals surface area contributed by atoms with E-state index < -0.39 is 0 Å². The number of nitrogens with one attached hydrogen (secondary N) is 2. The average molecular weight is 421 g/mol. The lowest BCUT2D eigenvalue weighted by atomic mass is 10.2. The van der Waals surface area contributed by atoms with Gasteiger partial charge in [-0.25, -0.2) is 9.37 Å². The summed E-state index contributed by atoms with van der Waals surface area (Å²) in [7, 11) is 1.53. The molecule has 0 fully saturated rings. The molecule has 0 unspecified atom stereocenters. The average Bonchev–Trinajstić information content (AvgIpc) is 3.17. The summed E-state index contributed by atoms with van der Waals surface area (Å²) in [6.07, 6.45) is 0. The van der Waals surface area contributed by atoms with Crippen LogP contribution in [0.3, 0.4) is 0 Å². The molecule has 0 saturated heterocycles. The predicted octanol–water partition coefficient (Wildman–Crippen LogP) is 4.77. The third-order valence-electron chi connectivity index (χ3n) is 4.30. The van der Waals surface area contributed by atoms with E-state index in [1.807, 2.05) is 0 Å². The summed E-state index contributed by atoms with van der Waals surface area (Å²) in [6.45, 7) is 0. The maximum Gasteiger partial charge on any atom is 0.257 e. The molecule has 0 atom stereocenters. The Kier molecular flexibility index (Phi) is 5.40. The molecule has 1 heterocycles. The summed E-state index contributed by atoms with van der Waals surface area (Å²) in [5.74, 6) is 0.282. The number of ether oxygens (including phenoxy) is 1. The number of thiocarbonyl (C=S) groups is 1. The van der Waals surface area contributed by atoms with Crippen molar-refractivity contribution in [2.45, 2.75) is 0 Å². The van der Waals surface area contributed by atoms with E-state index in [0.29, 0.717) is 39.6 Å². The Balaban J connectivity index is 1.47. The van der Waals surface area contributed by atoms with Gasteiger partial charge in [0.15, 0.2) is 10.7 Å². The summed E-state index contributed by atoms with van der Waals surface area (Å²) in [5.41, 5.74) is 2.91. The Morgan fingerprint density at radius 2 is 1.90 bits per heavy atom. The van der Waals surface area contributed by atoms with Crippen molar-refractivity contribution >= 4 is 40.0 Å². The van der Waals surface area contributed by atoms with Gasteiger partial charge >= 0.3 is 0 Å². The number of anilines is 1. The van der Waals surface area contributed by atoms with E-state index >= 15 is 0 Å². The fourth-order valence-electron chi connectivity index (χ4n) is 2.82. The molecule has 3 aromatic carbocycles. The maximum atomic E-state index is 13.1. The Hall–Kier alpha value is -3.78. The largest absolute Gasteiger partial charge is 0.497 e. The first-order valence-corrected chi connectivity index (χ1v) is 9.35. The van der Waals surface area contributed by atoms with Gasteiger partial charge in [0.2, 0.25) is 5.89 Å². The molecule has 0 aliphatic heterocycles. The standard InChI is InChI=1S/C22H16FN3O3S/c1-28-17-4-2-3-14(11-17)20(27)26-22(30)24-16-9-10-19-18(12-16)25-21(29-19)13-5-7-15(23)8-6-13/h2-12H,1H3,(H2,24,26,27,30). The molecule has 6 nitrogen and oxygen atoms in total. The third kappa shape index (κ3) is 4.28. The number of carbonyl (C=O) groups excluding carboxylic acids is 1.